The van der Waals surface area contributed by atoms with Gasteiger partial charge < -0.3 is 37.0 Å². The van der Waals surface area contributed by atoms with Crippen LogP contribution in [-0.2, 0) is 25.6 Å². The zero-order valence-corrected chi connectivity index (χ0v) is 17.1. The van der Waals surface area contributed by atoms with E-state index in [0.717, 1.165) is 0 Å². The number of carboxylic acid groups (broad SMARTS) is 1. The number of rotatable bonds is 11. The Hall–Kier alpha value is -2.83. The molecule has 8 N–H and O–H groups in total. The summed E-state index contributed by atoms with van der Waals surface area (Å²) in [4.78, 5) is 47.5. The average molecular weight is 442 g/mol. The third-order valence-corrected chi connectivity index (χ3v) is 4.46. The van der Waals surface area contributed by atoms with Crippen LogP contribution in [0.1, 0.15) is 12.5 Å². The molecule has 4 unspecified atom stereocenters. The maximum absolute atomic E-state index is 12.3. The quantitative estimate of drug-likeness (QED) is 0.176. The summed E-state index contributed by atoms with van der Waals surface area (Å²) in [5.41, 5.74) is 6.58. The number of aliphatic hydroxyl groups is 1. The Kier molecular flexibility index (Phi) is 10.1. The zero-order valence-electron chi connectivity index (χ0n) is 16.2. The lowest BCUT2D eigenvalue weighted by atomic mass is 10.1. The van der Waals surface area contributed by atoms with Crippen molar-refractivity contribution in [2.45, 2.75) is 37.5 Å². The summed E-state index contributed by atoms with van der Waals surface area (Å²) >= 11 is 4.02. The van der Waals surface area contributed by atoms with E-state index in [9.17, 15) is 24.3 Å². The second kappa shape index (κ2) is 12.0. The zero-order chi connectivity index (χ0) is 22.8. The highest BCUT2D eigenvalue weighted by Gasteiger charge is 2.27. The van der Waals surface area contributed by atoms with Crippen molar-refractivity contribution in [2.24, 2.45) is 5.73 Å². The summed E-state index contributed by atoms with van der Waals surface area (Å²) in [5.74, 6) is -3.57. The minimum atomic E-state index is -1.50. The molecule has 3 amide bonds. The number of aromatic hydroxyl groups is 1. The average Bonchev–Trinajstić information content (AvgIpc) is 2.70. The van der Waals surface area contributed by atoms with E-state index in [1.54, 1.807) is 12.1 Å². The van der Waals surface area contributed by atoms with Crippen molar-refractivity contribution in [3.05, 3.63) is 29.8 Å². The summed E-state index contributed by atoms with van der Waals surface area (Å²) in [6.45, 7) is 0.507. The first-order chi connectivity index (χ1) is 14.1. The van der Waals surface area contributed by atoms with Gasteiger partial charge in [-0.25, -0.2) is 4.79 Å². The smallest absolute Gasteiger partial charge is 0.328 e. The first-order valence-electron chi connectivity index (χ1n) is 8.98. The van der Waals surface area contributed by atoms with Crippen LogP contribution in [-0.4, -0.2) is 75.5 Å². The number of phenols is 1. The van der Waals surface area contributed by atoms with Crippen molar-refractivity contribution < 1.29 is 34.5 Å². The van der Waals surface area contributed by atoms with Crippen molar-refractivity contribution in [1.82, 2.24) is 16.0 Å². The molecule has 0 aliphatic carbocycles. The van der Waals surface area contributed by atoms with Crippen molar-refractivity contribution in [3.8, 4) is 5.75 Å². The van der Waals surface area contributed by atoms with Gasteiger partial charge in [0.2, 0.25) is 17.7 Å². The predicted molar refractivity (Wildman–Crippen MR) is 110 cm³/mol. The highest BCUT2D eigenvalue weighted by atomic mass is 32.1. The molecule has 0 fully saturated rings. The van der Waals surface area contributed by atoms with Gasteiger partial charge >= 0.3 is 5.97 Å². The van der Waals surface area contributed by atoms with Gasteiger partial charge in [0.15, 0.2) is 0 Å². The molecule has 0 saturated carbocycles. The number of carboxylic acids is 1. The van der Waals surface area contributed by atoms with E-state index < -0.39 is 54.5 Å². The number of amides is 3. The van der Waals surface area contributed by atoms with Crippen LogP contribution >= 0.6 is 12.6 Å². The summed E-state index contributed by atoms with van der Waals surface area (Å²) in [5, 5.41) is 33.9. The van der Waals surface area contributed by atoms with Gasteiger partial charge in [-0.3, -0.25) is 14.4 Å². The fourth-order valence-electron chi connectivity index (χ4n) is 2.31. The van der Waals surface area contributed by atoms with Crippen LogP contribution < -0.4 is 21.7 Å². The summed E-state index contributed by atoms with van der Waals surface area (Å²) in [6.07, 6.45) is 0.170. The molecule has 0 aromatic heterocycles. The van der Waals surface area contributed by atoms with Crippen LogP contribution in [0, 0.1) is 0 Å². The molecule has 30 heavy (non-hydrogen) atoms. The molecule has 0 spiro atoms. The Morgan fingerprint density at radius 2 is 1.57 bits per heavy atom. The molecule has 1 rings (SSSR count). The third-order valence-electron chi connectivity index (χ3n) is 4.09. The molecule has 166 valence electrons. The van der Waals surface area contributed by atoms with Gasteiger partial charge in [-0.15, -0.1) is 0 Å². The maximum Gasteiger partial charge on any atom is 0.328 e. The lowest BCUT2D eigenvalue weighted by Crippen LogP contribution is -2.57. The SMILES string of the molecule is CC(NC(=O)C(CS)NC(=O)C(N)Cc1ccc(O)cc1)C(=O)NC(CO)C(=O)O. The van der Waals surface area contributed by atoms with E-state index in [1.807, 2.05) is 0 Å². The van der Waals surface area contributed by atoms with E-state index in [1.165, 1.54) is 19.1 Å². The number of hydrogen-bond acceptors (Lipinski definition) is 8. The number of hydrogen-bond donors (Lipinski definition) is 8. The number of carbonyl (C=O) groups is 4. The van der Waals surface area contributed by atoms with Gasteiger partial charge in [0.1, 0.15) is 23.9 Å². The Labute approximate surface area is 178 Å². The highest BCUT2D eigenvalue weighted by molar-refractivity contribution is 7.80. The summed E-state index contributed by atoms with van der Waals surface area (Å²) in [6, 6.07) is 1.46. The van der Waals surface area contributed by atoms with Crippen molar-refractivity contribution in [2.75, 3.05) is 12.4 Å². The van der Waals surface area contributed by atoms with Crippen molar-refractivity contribution in [1.29, 1.82) is 0 Å². The number of aliphatic carboxylic acids is 1. The maximum atomic E-state index is 12.3. The predicted octanol–water partition coefficient (Wildman–Crippen LogP) is -2.26. The first-order valence-corrected chi connectivity index (χ1v) is 9.61. The molecular formula is C18H26N4O7S. The second-order valence-electron chi connectivity index (χ2n) is 6.53. The van der Waals surface area contributed by atoms with Gasteiger partial charge in [0.25, 0.3) is 0 Å². The van der Waals surface area contributed by atoms with Crippen LogP contribution in [0.25, 0.3) is 0 Å². The summed E-state index contributed by atoms with van der Waals surface area (Å²) < 4.78 is 0. The van der Waals surface area contributed by atoms with E-state index in [4.69, 9.17) is 15.9 Å². The van der Waals surface area contributed by atoms with E-state index in [2.05, 4.69) is 28.6 Å². The van der Waals surface area contributed by atoms with Crippen LogP contribution in [0.3, 0.4) is 0 Å². The second-order valence-corrected chi connectivity index (χ2v) is 6.90. The minimum Gasteiger partial charge on any atom is -0.508 e. The van der Waals surface area contributed by atoms with Crippen LogP contribution in [0.2, 0.25) is 0 Å². The van der Waals surface area contributed by atoms with Crippen LogP contribution in [0.4, 0.5) is 0 Å². The molecule has 11 nitrogen and oxygen atoms in total. The van der Waals surface area contributed by atoms with Crippen molar-refractivity contribution >= 4 is 36.3 Å². The number of thiol groups is 1. The molecule has 0 heterocycles. The fourth-order valence-corrected chi connectivity index (χ4v) is 2.57. The number of nitrogens with one attached hydrogen (secondary N) is 3. The fraction of sp³-hybridized carbons (Fsp3) is 0.444. The summed E-state index contributed by atoms with van der Waals surface area (Å²) in [7, 11) is 0. The van der Waals surface area contributed by atoms with E-state index >= 15 is 0 Å². The molecule has 0 radical (unpaired) electrons. The molecule has 4 atom stereocenters. The molecule has 0 saturated heterocycles. The van der Waals surface area contributed by atoms with Gasteiger partial charge in [0, 0.05) is 5.75 Å². The van der Waals surface area contributed by atoms with Gasteiger partial charge in [-0.2, -0.15) is 12.6 Å². The van der Waals surface area contributed by atoms with E-state index in [-0.39, 0.29) is 17.9 Å². The molecular weight excluding hydrogens is 416 g/mol. The number of carbonyl (C=O) groups excluding carboxylic acids is 3. The van der Waals surface area contributed by atoms with Crippen LogP contribution in [0.5, 0.6) is 5.75 Å². The Morgan fingerprint density at radius 3 is 2.07 bits per heavy atom. The molecule has 1 aromatic carbocycles. The van der Waals surface area contributed by atoms with Crippen LogP contribution in [0.15, 0.2) is 24.3 Å². The van der Waals surface area contributed by atoms with Gasteiger partial charge in [-0.05, 0) is 31.0 Å². The largest absolute Gasteiger partial charge is 0.508 e. The van der Waals surface area contributed by atoms with Gasteiger partial charge in [0.05, 0.1) is 12.6 Å². The molecule has 12 heteroatoms. The number of benzene rings is 1. The van der Waals surface area contributed by atoms with Gasteiger partial charge in [-0.1, -0.05) is 12.1 Å². The lowest BCUT2D eigenvalue weighted by Gasteiger charge is -2.22. The molecule has 1 aromatic rings. The minimum absolute atomic E-state index is 0.0772. The standard InChI is InChI=1S/C18H26N4O7S/c1-9(15(25)21-13(7-23)18(28)29)20-17(27)14(8-30)22-16(26)12(19)6-10-2-4-11(24)5-3-10/h2-5,9,12-14,23-24,30H,6-8,19H2,1H3,(H,20,27)(H,21,25)(H,22,26)(H,28,29). The van der Waals surface area contributed by atoms with E-state index in [0.29, 0.717) is 5.56 Å². The van der Waals surface area contributed by atoms with Crippen molar-refractivity contribution in [3.63, 3.8) is 0 Å². The number of aliphatic hydroxyl groups excluding tert-OH is 1. The normalized spacial score (nSPS) is 14.7. The highest BCUT2D eigenvalue weighted by Crippen LogP contribution is 2.11. The number of nitrogens with two attached hydrogens (primary N) is 1. The monoisotopic (exact) mass is 442 g/mol. The molecule has 0 aliphatic rings. The Bertz CT molecular complexity index is 759. The topological polar surface area (TPSA) is 191 Å². The number of phenolic OH excluding ortho intramolecular Hbond substituents is 1. The Balaban J connectivity index is 2.62. The molecule has 0 aliphatic heterocycles. The first kappa shape index (κ1) is 25.2. The Morgan fingerprint density at radius 1 is 1.00 bits per heavy atom. The lowest BCUT2D eigenvalue weighted by molar-refractivity contribution is -0.143. The molecule has 0 bridgehead atoms. The third kappa shape index (κ3) is 7.89.